The van der Waals surface area contributed by atoms with Crippen LogP contribution in [0, 0.1) is 5.92 Å². The van der Waals surface area contributed by atoms with E-state index >= 15 is 0 Å². The fourth-order valence-electron chi connectivity index (χ4n) is 2.33. The van der Waals surface area contributed by atoms with Gasteiger partial charge >= 0.3 is 0 Å². The molecule has 2 rings (SSSR count). The Labute approximate surface area is 90.9 Å². The van der Waals surface area contributed by atoms with Crippen LogP contribution in [0.2, 0.25) is 0 Å². The maximum absolute atomic E-state index is 12.0. The average molecular weight is 203 g/mol. The summed E-state index contributed by atoms with van der Waals surface area (Å²) < 4.78 is 0. The van der Waals surface area contributed by atoms with E-state index in [2.05, 4.69) is 24.1 Å². The van der Waals surface area contributed by atoms with Gasteiger partial charge in [0.05, 0.1) is 5.92 Å². The molecule has 0 amide bonds. The van der Waals surface area contributed by atoms with E-state index < -0.39 is 0 Å². The van der Waals surface area contributed by atoms with E-state index in [1.165, 1.54) is 0 Å². The second-order valence-electron chi connectivity index (χ2n) is 4.49. The smallest absolute Gasteiger partial charge is 0.145 e. The third-order valence-electron chi connectivity index (χ3n) is 3.11. The lowest BCUT2D eigenvalue weighted by molar-refractivity contribution is -0.127. The second-order valence-corrected chi connectivity index (χ2v) is 4.49. The molecule has 15 heavy (non-hydrogen) atoms. The van der Waals surface area contributed by atoms with E-state index in [9.17, 15) is 4.79 Å². The van der Waals surface area contributed by atoms with Crippen LogP contribution >= 0.6 is 0 Å². The Morgan fingerprint density at radius 1 is 1.20 bits per heavy atom. The molecule has 2 nitrogen and oxygen atoms in total. The van der Waals surface area contributed by atoms with E-state index in [-0.39, 0.29) is 11.8 Å². The van der Waals surface area contributed by atoms with Crippen LogP contribution in [0.25, 0.3) is 0 Å². The highest BCUT2D eigenvalue weighted by atomic mass is 16.1. The number of carbonyl (C=O) groups is 1. The molecule has 0 aliphatic carbocycles. The van der Waals surface area contributed by atoms with Crippen LogP contribution in [0.5, 0.6) is 0 Å². The Balaban J connectivity index is 2.24. The van der Waals surface area contributed by atoms with Gasteiger partial charge in [0, 0.05) is 19.0 Å². The second kappa shape index (κ2) is 4.15. The number of likely N-dealkylation sites (tertiary alicyclic amines) is 1. The summed E-state index contributed by atoms with van der Waals surface area (Å²) in [5.74, 6) is 0.619. The van der Waals surface area contributed by atoms with Crippen LogP contribution < -0.4 is 0 Å². The zero-order valence-electron chi connectivity index (χ0n) is 9.31. The first-order chi connectivity index (χ1) is 7.18. The molecule has 1 fully saturated rings. The Morgan fingerprint density at radius 3 is 2.53 bits per heavy atom. The van der Waals surface area contributed by atoms with Crippen molar-refractivity contribution in [2.75, 3.05) is 20.1 Å². The summed E-state index contributed by atoms with van der Waals surface area (Å²) in [7, 11) is 2.08. The number of benzene rings is 1. The highest BCUT2D eigenvalue weighted by Crippen LogP contribution is 2.25. The standard InChI is InChI=1S/C13H17NO/c1-10-8-14(2)9-12(13(10)15)11-6-4-3-5-7-11/h3-7,10,12H,8-9H2,1-2H3. The molecule has 0 N–H and O–H groups in total. The average Bonchev–Trinajstić information content (AvgIpc) is 2.24. The Hall–Kier alpha value is -1.15. The van der Waals surface area contributed by atoms with E-state index in [0.29, 0.717) is 5.78 Å². The van der Waals surface area contributed by atoms with Gasteiger partial charge in [0.1, 0.15) is 5.78 Å². The molecule has 1 aliphatic heterocycles. The molecule has 2 atom stereocenters. The first-order valence-corrected chi connectivity index (χ1v) is 5.45. The Bertz CT molecular complexity index is 347. The van der Waals surface area contributed by atoms with Crippen LogP contribution in [0.1, 0.15) is 18.4 Å². The predicted octanol–water partition coefficient (Wildman–Crippen LogP) is 1.92. The molecule has 1 saturated heterocycles. The van der Waals surface area contributed by atoms with Gasteiger partial charge in [-0.15, -0.1) is 0 Å². The minimum Gasteiger partial charge on any atom is -0.305 e. The monoisotopic (exact) mass is 203 g/mol. The van der Waals surface area contributed by atoms with Crippen LogP contribution in [0.15, 0.2) is 30.3 Å². The number of ketones is 1. The van der Waals surface area contributed by atoms with Gasteiger partial charge in [-0.05, 0) is 12.6 Å². The van der Waals surface area contributed by atoms with Crippen molar-refractivity contribution in [1.82, 2.24) is 4.90 Å². The molecule has 0 saturated carbocycles. The van der Waals surface area contributed by atoms with Crippen LogP contribution in [0.4, 0.5) is 0 Å². The first-order valence-electron chi connectivity index (χ1n) is 5.45. The van der Waals surface area contributed by atoms with Crippen molar-refractivity contribution in [2.24, 2.45) is 5.92 Å². The van der Waals surface area contributed by atoms with Crippen LogP contribution in [-0.4, -0.2) is 30.8 Å². The summed E-state index contributed by atoms with van der Waals surface area (Å²) in [5, 5.41) is 0. The fraction of sp³-hybridized carbons (Fsp3) is 0.462. The van der Waals surface area contributed by atoms with Crippen molar-refractivity contribution in [1.29, 1.82) is 0 Å². The largest absolute Gasteiger partial charge is 0.305 e. The van der Waals surface area contributed by atoms with Gasteiger partial charge in [0.2, 0.25) is 0 Å². The molecule has 1 aliphatic rings. The molecular weight excluding hydrogens is 186 g/mol. The summed E-state index contributed by atoms with van der Waals surface area (Å²) >= 11 is 0. The van der Waals surface area contributed by atoms with Gasteiger partial charge in [-0.3, -0.25) is 4.79 Å². The van der Waals surface area contributed by atoms with E-state index in [1.807, 2.05) is 25.1 Å². The highest BCUT2D eigenvalue weighted by Gasteiger charge is 2.31. The molecule has 0 spiro atoms. The summed E-state index contributed by atoms with van der Waals surface area (Å²) in [6.45, 7) is 3.77. The number of hydrogen-bond acceptors (Lipinski definition) is 2. The van der Waals surface area contributed by atoms with Crippen molar-refractivity contribution < 1.29 is 4.79 Å². The van der Waals surface area contributed by atoms with E-state index in [1.54, 1.807) is 0 Å². The maximum Gasteiger partial charge on any atom is 0.145 e. The molecule has 0 aromatic heterocycles. The van der Waals surface area contributed by atoms with Crippen molar-refractivity contribution >= 4 is 5.78 Å². The highest BCUT2D eigenvalue weighted by molar-refractivity contribution is 5.88. The molecule has 0 radical (unpaired) electrons. The quantitative estimate of drug-likeness (QED) is 0.695. The number of Topliss-reactive ketones (excluding diaryl/α,β-unsaturated/α-hetero) is 1. The number of piperidine rings is 1. The van der Waals surface area contributed by atoms with Gasteiger partial charge in [0.15, 0.2) is 0 Å². The van der Waals surface area contributed by atoms with Crippen molar-refractivity contribution in [3.05, 3.63) is 35.9 Å². The topological polar surface area (TPSA) is 20.3 Å². The molecule has 80 valence electrons. The Kier molecular flexibility index (Phi) is 2.87. The molecule has 2 unspecified atom stereocenters. The number of nitrogens with zero attached hydrogens (tertiary/aromatic N) is 1. The number of hydrogen-bond donors (Lipinski definition) is 0. The van der Waals surface area contributed by atoms with Crippen molar-refractivity contribution in [3.63, 3.8) is 0 Å². The third kappa shape index (κ3) is 2.10. The predicted molar refractivity (Wildman–Crippen MR) is 60.9 cm³/mol. The minimum atomic E-state index is 0.0694. The minimum absolute atomic E-state index is 0.0694. The van der Waals surface area contributed by atoms with E-state index in [4.69, 9.17) is 0 Å². The Morgan fingerprint density at radius 2 is 1.87 bits per heavy atom. The maximum atomic E-state index is 12.0. The lowest BCUT2D eigenvalue weighted by Crippen LogP contribution is -2.42. The van der Waals surface area contributed by atoms with Gasteiger partial charge in [-0.2, -0.15) is 0 Å². The van der Waals surface area contributed by atoms with E-state index in [0.717, 1.165) is 18.7 Å². The van der Waals surface area contributed by atoms with Crippen LogP contribution in [-0.2, 0) is 4.79 Å². The van der Waals surface area contributed by atoms with Gasteiger partial charge in [-0.25, -0.2) is 0 Å². The van der Waals surface area contributed by atoms with Gasteiger partial charge in [-0.1, -0.05) is 37.3 Å². The summed E-state index contributed by atoms with van der Waals surface area (Å²) in [4.78, 5) is 14.3. The number of rotatable bonds is 1. The SMILES string of the molecule is CC1CN(C)CC(c2ccccc2)C1=O. The van der Waals surface area contributed by atoms with Crippen LogP contribution in [0.3, 0.4) is 0 Å². The summed E-state index contributed by atoms with van der Waals surface area (Å²) in [5.41, 5.74) is 1.15. The molecular formula is C13H17NO. The van der Waals surface area contributed by atoms with Gasteiger partial charge in [0.25, 0.3) is 0 Å². The van der Waals surface area contributed by atoms with Crippen molar-refractivity contribution in [3.8, 4) is 0 Å². The zero-order valence-corrected chi connectivity index (χ0v) is 9.31. The summed E-state index contributed by atoms with van der Waals surface area (Å²) in [6, 6.07) is 10.1. The molecule has 1 aromatic carbocycles. The molecule has 2 heteroatoms. The summed E-state index contributed by atoms with van der Waals surface area (Å²) in [6.07, 6.45) is 0. The normalized spacial score (nSPS) is 28.0. The number of carbonyl (C=O) groups excluding carboxylic acids is 1. The lowest BCUT2D eigenvalue weighted by atomic mass is 9.84. The molecule has 1 aromatic rings. The van der Waals surface area contributed by atoms with Crippen molar-refractivity contribution in [2.45, 2.75) is 12.8 Å². The van der Waals surface area contributed by atoms with Gasteiger partial charge < -0.3 is 4.90 Å². The third-order valence-corrected chi connectivity index (χ3v) is 3.11. The first kappa shape index (κ1) is 10.4. The molecule has 0 bridgehead atoms. The molecule has 1 heterocycles. The fourth-order valence-corrected chi connectivity index (χ4v) is 2.33. The zero-order chi connectivity index (χ0) is 10.8. The number of likely N-dealkylation sites (N-methyl/N-ethyl adjacent to an activating group) is 1. The lowest BCUT2D eigenvalue weighted by Gasteiger charge is -2.33.